The maximum atomic E-state index is 6.12. The first-order chi connectivity index (χ1) is 9.05. The molecule has 1 aromatic rings. The van der Waals surface area contributed by atoms with E-state index in [0.29, 0.717) is 6.04 Å². The SMILES string of the molecule is CCCNC1CCOC(C)(c2ccc(C)c(C)c2)C1. The number of ether oxygens (including phenoxy) is 1. The topological polar surface area (TPSA) is 21.3 Å². The summed E-state index contributed by atoms with van der Waals surface area (Å²) in [4.78, 5) is 0. The van der Waals surface area contributed by atoms with E-state index in [2.05, 4.69) is 51.2 Å². The van der Waals surface area contributed by atoms with E-state index in [1.54, 1.807) is 0 Å². The lowest BCUT2D eigenvalue weighted by Gasteiger charge is -2.39. The minimum atomic E-state index is -0.137. The highest BCUT2D eigenvalue weighted by molar-refractivity contribution is 5.33. The Bertz CT molecular complexity index is 429. The molecule has 0 saturated carbocycles. The Morgan fingerprint density at radius 1 is 1.32 bits per heavy atom. The molecule has 0 bridgehead atoms. The standard InChI is InChI=1S/C17H27NO/c1-5-9-18-16-8-10-19-17(4,12-16)15-7-6-13(2)14(3)11-15/h6-7,11,16,18H,5,8-10,12H2,1-4H3. The minimum absolute atomic E-state index is 0.137. The van der Waals surface area contributed by atoms with Gasteiger partial charge in [-0.2, -0.15) is 0 Å². The predicted octanol–water partition coefficient (Wildman–Crippen LogP) is 3.70. The van der Waals surface area contributed by atoms with Gasteiger partial charge in [0.25, 0.3) is 0 Å². The van der Waals surface area contributed by atoms with Crippen molar-refractivity contribution in [3.8, 4) is 0 Å². The maximum absolute atomic E-state index is 6.12. The van der Waals surface area contributed by atoms with Gasteiger partial charge in [-0.1, -0.05) is 25.1 Å². The van der Waals surface area contributed by atoms with Gasteiger partial charge in [-0.15, -0.1) is 0 Å². The number of hydrogen-bond acceptors (Lipinski definition) is 2. The molecule has 2 unspecified atom stereocenters. The van der Waals surface area contributed by atoms with Crippen LogP contribution >= 0.6 is 0 Å². The van der Waals surface area contributed by atoms with Crippen molar-refractivity contribution in [1.82, 2.24) is 5.32 Å². The van der Waals surface area contributed by atoms with Gasteiger partial charge in [0.15, 0.2) is 0 Å². The molecule has 0 radical (unpaired) electrons. The molecule has 1 aromatic carbocycles. The first-order valence-corrected chi connectivity index (χ1v) is 7.50. The highest BCUT2D eigenvalue weighted by Gasteiger charge is 2.34. The van der Waals surface area contributed by atoms with Crippen LogP contribution in [0.5, 0.6) is 0 Å². The van der Waals surface area contributed by atoms with Gasteiger partial charge in [0, 0.05) is 12.6 Å². The number of nitrogens with one attached hydrogen (secondary N) is 1. The van der Waals surface area contributed by atoms with Crippen LogP contribution in [0.1, 0.15) is 49.8 Å². The van der Waals surface area contributed by atoms with Crippen LogP contribution in [0.15, 0.2) is 18.2 Å². The first-order valence-electron chi connectivity index (χ1n) is 7.50. The summed E-state index contributed by atoms with van der Waals surface area (Å²) < 4.78 is 6.12. The zero-order valence-corrected chi connectivity index (χ0v) is 12.8. The van der Waals surface area contributed by atoms with Crippen molar-refractivity contribution in [2.75, 3.05) is 13.2 Å². The second kappa shape index (κ2) is 6.06. The average molecular weight is 261 g/mol. The van der Waals surface area contributed by atoms with Crippen LogP contribution in [-0.2, 0) is 10.3 Å². The van der Waals surface area contributed by atoms with Gasteiger partial charge in [0.05, 0.1) is 5.60 Å². The quantitative estimate of drug-likeness (QED) is 0.892. The second-order valence-corrected chi connectivity index (χ2v) is 6.02. The molecule has 1 aliphatic heterocycles. The molecule has 106 valence electrons. The van der Waals surface area contributed by atoms with Crippen LogP contribution in [0.4, 0.5) is 0 Å². The fourth-order valence-electron chi connectivity index (χ4n) is 2.85. The maximum Gasteiger partial charge on any atom is 0.0918 e. The zero-order valence-electron chi connectivity index (χ0n) is 12.8. The zero-order chi connectivity index (χ0) is 13.9. The van der Waals surface area contributed by atoms with E-state index >= 15 is 0 Å². The van der Waals surface area contributed by atoms with Gasteiger partial charge in [-0.05, 0) is 63.3 Å². The van der Waals surface area contributed by atoms with Crippen molar-refractivity contribution >= 4 is 0 Å². The molecule has 2 atom stereocenters. The van der Waals surface area contributed by atoms with E-state index in [0.717, 1.165) is 26.0 Å². The summed E-state index contributed by atoms with van der Waals surface area (Å²) in [7, 11) is 0. The van der Waals surface area contributed by atoms with Crippen molar-refractivity contribution in [3.05, 3.63) is 34.9 Å². The molecule has 1 fully saturated rings. The van der Waals surface area contributed by atoms with Crippen LogP contribution in [-0.4, -0.2) is 19.2 Å². The summed E-state index contributed by atoms with van der Waals surface area (Å²) in [6.07, 6.45) is 3.38. The van der Waals surface area contributed by atoms with Crippen molar-refractivity contribution in [2.45, 2.75) is 58.6 Å². The van der Waals surface area contributed by atoms with Crippen molar-refractivity contribution in [2.24, 2.45) is 0 Å². The Kier molecular flexibility index (Phi) is 4.64. The number of rotatable bonds is 4. The molecule has 19 heavy (non-hydrogen) atoms. The Hall–Kier alpha value is -0.860. The first kappa shape index (κ1) is 14.5. The van der Waals surface area contributed by atoms with Crippen LogP contribution in [0.2, 0.25) is 0 Å². The molecular weight excluding hydrogens is 234 g/mol. The minimum Gasteiger partial charge on any atom is -0.370 e. The van der Waals surface area contributed by atoms with Gasteiger partial charge in [-0.3, -0.25) is 0 Å². The molecule has 2 rings (SSSR count). The average Bonchev–Trinajstić information content (AvgIpc) is 2.39. The van der Waals surface area contributed by atoms with Crippen LogP contribution < -0.4 is 5.32 Å². The Labute approximate surface area is 117 Å². The van der Waals surface area contributed by atoms with Crippen molar-refractivity contribution in [3.63, 3.8) is 0 Å². The normalized spacial score (nSPS) is 27.5. The molecule has 0 aromatic heterocycles. The van der Waals surface area contributed by atoms with Crippen LogP contribution in [0.3, 0.4) is 0 Å². The fourth-order valence-corrected chi connectivity index (χ4v) is 2.85. The molecule has 2 heteroatoms. The van der Waals surface area contributed by atoms with E-state index in [1.807, 2.05) is 0 Å². The molecule has 1 N–H and O–H groups in total. The smallest absolute Gasteiger partial charge is 0.0918 e. The monoisotopic (exact) mass is 261 g/mol. The number of hydrogen-bond donors (Lipinski definition) is 1. The summed E-state index contributed by atoms with van der Waals surface area (Å²) >= 11 is 0. The van der Waals surface area contributed by atoms with Gasteiger partial charge in [0.1, 0.15) is 0 Å². The molecule has 0 amide bonds. The molecule has 1 aliphatic rings. The lowest BCUT2D eigenvalue weighted by atomic mass is 9.84. The Morgan fingerprint density at radius 2 is 2.11 bits per heavy atom. The highest BCUT2D eigenvalue weighted by atomic mass is 16.5. The molecule has 1 saturated heterocycles. The Morgan fingerprint density at radius 3 is 2.79 bits per heavy atom. The third-order valence-corrected chi connectivity index (χ3v) is 4.32. The highest BCUT2D eigenvalue weighted by Crippen LogP contribution is 2.35. The van der Waals surface area contributed by atoms with E-state index in [-0.39, 0.29) is 5.60 Å². The number of aryl methyl sites for hydroxylation is 2. The third-order valence-electron chi connectivity index (χ3n) is 4.32. The summed E-state index contributed by atoms with van der Waals surface area (Å²) in [6.45, 7) is 10.7. The lowest BCUT2D eigenvalue weighted by molar-refractivity contribution is -0.0812. The summed E-state index contributed by atoms with van der Waals surface area (Å²) in [6, 6.07) is 7.31. The van der Waals surface area contributed by atoms with Crippen molar-refractivity contribution in [1.29, 1.82) is 0 Å². The van der Waals surface area contributed by atoms with Gasteiger partial charge in [-0.25, -0.2) is 0 Å². The van der Waals surface area contributed by atoms with Crippen LogP contribution in [0.25, 0.3) is 0 Å². The lowest BCUT2D eigenvalue weighted by Crippen LogP contribution is -2.44. The van der Waals surface area contributed by atoms with Crippen molar-refractivity contribution < 1.29 is 4.74 Å². The second-order valence-electron chi connectivity index (χ2n) is 6.02. The fraction of sp³-hybridized carbons (Fsp3) is 0.647. The van der Waals surface area contributed by atoms with Gasteiger partial charge < -0.3 is 10.1 Å². The van der Waals surface area contributed by atoms with Gasteiger partial charge in [0.2, 0.25) is 0 Å². The van der Waals surface area contributed by atoms with Gasteiger partial charge >= 0.3 is 0 Å². The third kappa shape index (κ3) is 3.37. The predicted molar refractivity (Wildman–Crippen MR) is 80.5 cm³/mol. The molecule has 2 nitrogen and oxygen atoms in total. The van der Waals surface area contributed by atoms with Crippen LogP contribution in [0, 0.1) is 13.8 Å². The van der Waals surface area contributed by atoms with E-state index < -0.39 is 0 Å². The molecule has 0 spiro atoms. The molecule has 0 aliphatic carbocycles. The Balaban J connectivity index is 2.14. The molecule has 1 heterocycles. The summed E-state index contributed by atoms with van der Waals surface area (Å²) in [5, 5.41) is 3.64. The summed E-state index contributed by atoms with van der Waals surface area (Å²) in [5.41, 5.74) is 3.88. The largest absolute Gasteiger partial charge is 0.370 e. The van der Waals surface area contributed by atoms with E-state index in [1.165, 1.54) is 23.1 Å². The van der Waals surface area contributed by atoms with E-state index in [9.17, 15) is 0 Å². The number of benzene rings is 1. The summed E-state index contributed by atoms with van der Waals surface area (Å²) in [5.74, 6) is 0. The molecular formula is C17H27NO. The van der Waals surface area contributed by atoms with E-state index in [4.69, 9.17) is 4.74 Å².